The first-order chi connectivity index (χ1) is 12.8. The zero-order valence-electron chi connectivity index (χ0n) is 14.8. The number of carbonyl (C=O) groups excluding carboxylic acids is 1. The normalized spacial score (nSPS) is 19.7. The number of hydrogen-bond acceptors (Lipinski definition) is 3. The summed E-state index contributed by atoms with van der Waals surface area (Å²) < 4.78 is 2.00. The Kier molecular flexibility index (Phi) is 4.97. The number of rotatable bonds is 6. The maximum atomic E-state index is 12.4. The van der Waals surface area contributed by atoms with Crippen molar-refractivity contribution in [1.29, 1.82) is 0 Å². The molecule has 0 radical (unpaired) electrons. The summed E-state index contributed by atoms with van der Waals surface area (Å²) in [6.07, 6.45) is 4.64. The zero-order chi connectivity index (χ0) is 17.8. The predicted octanol–water partition coefficient (Wildman–Crippen LogP) is 3.04. The third kappa shape index (κ3) is 3.63. The van der Waals surface area contributed by atoms with E-state index in [4.69, 9.17) is 0 Å². The van der Waals surface area contributed by atoms with Gasteiger partial charge in [0.1, 0.15) is 0 Å². The summed E-state index contributed by atoms with van der Waals surface area (Å²) in [7, 11) is 0. The molecule has 1 amide bonds. The van der Waals surface area contributed by atoms with E-state index in [1.807, 2.05) is 41.2 Å². The summed E-state index contributed by atoms with van der Waals surface area (Å²) in [4.78, 5) is 12.4. The summed E-state index contributed by atoms with van der Waals surface area (Å²) in [6, 6.07) is 18.7. The molecule has 1 aromatic heterocycles. The second-order valence-electron chi connectivity index (χ2n) is 6.83. The highest BCUT2D eigenvalue weighted by molar-refractivity contribution is 5.82. The van der Waals surface area contributed by atoms with Crippen LogP contribution < -0.4 is 10.6 Å². The monoisotopic (exact) mass is 348 g/mol. The minimum atomic E-state index is -0.0919. The van der Waals surface area contributed by atoms with Crippen LogP contribution in [0, 0.1) is 0 Å². The largest absolute Gasteiger partial charge is 0.355 e. The maximum Gasteiger partial charge on any atom is 0.237 e. The molecule has 3 aromatic rings. The molecule has 1 saturated heterocycles. The van der Waals surface area contributed by atoms with Gasteiger partial charge in [0, 0.05) is 24.5 Å². The van der Waals surface area contributed by atoms with Crippen LogP contribution in [0.15, 0.2) is 60.8 Å². The van der Waals surface area contributed by atoms with Crippen molar-refractivity contribution in [3.05, 3.63) is 66.4 Å². The Hall–Kier alpha value is -2.66. The highest BCUT2D eigenvalue weighted by Crippen LogP contribution is 2.26. The number of para-hydroxylation sites is 1. The molecule has 0 saturated carbocycles. The molecule has 26 heavy (non-hydrogen) atoms. The van der Waals surface area contributed by atoms with Gasteiger partial charge >= 0.3 is 0 Å². The summed E-state index contributed by atoms with van der Waals surface area (Å²) in [6.45, 7) is 1.47. The van der Waals surface area contributed by atoms with Crippen molar-refractivity contribution >= 4 is 16.8 Å². The van der Waals surface area contributed by atoms with E-state index in [0.717, 1.165) is 36.7 Å². The molecule has 134 valence electrons. The van der Waals surface area contributed by atoms with Crippen molar-refractivity contribution in [2.45, 2.75) is 37.9 Å². The Balaban J connectivity index is 1.23. The van der Waals surface area contributed by atoms with E-state index in [1.165, 1.54) is 5.56 Å². The molecule has 5 heteroatoms. The number of amides is 1. The smallest absolute Gasteiger partial charge is 0.237 e. The molecular formula is C21H24N4O. The molecular weight excluding hydrogens is 324 g/mol. The fraction of sp³-hybridized carbons (Fsp3) is 0.333. The number of benzene rings is 2. The second kappa shape index (κ2) is 7.70. The Morgan fingerprint density at radius 3 is 2.81 bits per heavy atom. The Morgan fingerprint density at radius 1 is 1.12 bits per heavy atom. The van der Waals surface area contributed by atoms with Crippen LogP contribution in [0.5, 0.6) is 0 Å². The molecule has 1 aliphatic heterocycles. The van der Waals surface area contributed by atoms with E-state index in [0.29, 0.717) is 6.54 Å². The highest BCUT2D eigenvalue weighted by atomic mass is 16.2. The van der Waals surface area contributed by atoms with Gasteiger partial charge in [0.25, 0.3) is 0 Å². The minimum absolute atomic E-state index is 0.0919. The first kappa shape index (κ1) is 16.8. The number of fused-ring (bicyclic) bond motifs is 1. The van der Waals surface area contributed by atoms with E-state index in [9.17, 15) is 4.79 Å². The van der Waals surface area contributed by atoms with Crippen molar-refractivity contribution in [3.63, 3.8) is 0 Å². The molecule has 0 aliphatic carbocycles. The fourth-order valence-corrected chi connectivity index (χ4v) is 3.67. The van der Waals surface area contributed by atoms with Crippen LogP contribution in [0.25, 0.3) is 10.9 Å². The summed E-state index contributed by atoms with van der Waals surface area (Å²) >= 11 is 0. The standard InChI is InChI=1S/C21H24N4O/c26-21(19-12-11-18(24-19)16-7-2-1-3-8-16)22-13-6-14-25-20-10-5-4-9-17(20)15-23-25/h1-5,7-10,15,18-19,24H,6,11-14H2,(H,22,26)/t18-,19-/m1/s1. The molecule has 2 N–H and O–H groups in total. The van der Waals surface area contributed by atoms with Crippen molar-refractivity contribution in [2.24, 2.45) is 0 Å². The molecule has 0 spiro atoms. The lowest BCUT2D eigenvalue weighted by Crippen LogP contribution is -2.41. The third-order valence-corrected chi connectivity index (χ3v) is 5.06. The molecule has 0 unspecified atom stereocenters. The first-order valence-corrected chi connectivity index (χ1v) is 9.30. The van der Waals surface area contributed by atoms with Crippen LogP contribution in [-0.4, -0.2) is 28.3 Å². The zero-order valence-corrected chi connectivity index (χ0v) is 14.8. The SMILES string of the molecule is O=C(NCCCn1ncc2ccccc21)[C@H]1CC[C@H](c2ccccc2)N1. The Morgan fingerprint density at radius 2 is 1.92 bits per heavy atom. The second-order valence-corrected chi connectivity index (χ2v) is 6.83. The van der Waals surface area contributed by atoms with E-state index >= 15 is 0 Å². The van der Waals surface area contributed by atoms with E-state index in [2.05, 4.69) is 40.0 Å². The number of nitrogens with zero attached hydrogens (tertiary/aromatic N) is 2. The average molecular weight is 348 g/mol. The maximum absolute atomic E-state index is 12.4. The minimum Gasteiger partial charge on any atom is -0.355 e. The lowest BCUT2D eigenvalue weighted by molar-refractivity contribution is -0.122. The number of carbonyl (C=O) groups is 1. The van der Waals surface area contributed by atoms with Crippen LogP contribution in [-0.2, 0) is 11.3 Å². The number of aryl methyl sites for hydroxylation is 1. The van der Waals surface area contributed by atoms with Gasteiger partial charge in [-0.1, -0.05) is 48.5 Å². The van der Waals surface area contributed by atoms with Crippen LogP contribution in [0.2, 0.25) is 0 Å². The van der Waals surface area contributed by atoms with Crippen LogP contribution >= 0.6 is 0 Å². The summed E-state index contributed by atoms with van der Waals surface area (Å²) in [5.41, 5.74) is 2.40. The topological polar surface area (TPSA) is 59.0 Å². The Labute approximate surface area is 153 Å². The van der Waals surface area contributed by atoms with Crippen molar-refractivity contribution in [1.82, 2.24) is 20.4 Å². The third-order valence-electron chi connectivity index (χ3n) is 5.06. The first-order valence-electron chi connectivity index (χ1n) is 9.30. The van der Waals surface area contributed by atoms with Gasteiger partial charge in [0.2, 0.25) is 5.91 Å². The van der Waals surface area contributed by atoms with Gasteiger partial charge in [-0.15, -0.1) is 0 Å². The van der Waals surface area contributed by atoms with E-state index < -0.39 is 0 Å². The van der Waals surface area contributed by atoms with Crippen LogP contribution in [0.4, 0.5) is 0 Å². The molecule has 0 bridgehead atoms. The van der Waals surface area contributed by atoms with Crippen LogP contribution in [0.1, 0.15) is 30.9 Å². The van der Waals surface area contributed by atoms with Gasteiger partial charge in [-0.2, -0.15) is 5.10 Å². The van der Waals surface area contributed by atoms with Crippen molar-refractivity contribution < 1.29 is 4.79 Å². The van der Waals surface area contributed by atoms with Gasteiger partial charge < -0.3 is 5.32 Å². The molecule has 4 rings (SSSR count). The number of aromatic nitrogens is 2. The molecule has 2 heterocycles. The number of hydrogen-bond donors (Lipinski definition) is 2. The summed E-state index contributed by atoms with van der Waals surface area (Å²) in [5, 5.41) is 12.1. The van der Waals surface area contributed by atoms with Crippen molar-refractivity contribution in [3.8, 4) is 0 Å². The lowest BCUT2D eigenvalue weighted by atomic mass is 10.1. The predicted molar refractivity (Wildman–Crippen MR) is 103 cm³/mol. The molecule has 1 fully saturated rings. The quantitative estimate of drug-likeness (QED) is 0.673. The van der Waals surface area contributed by atoms with Crippen molar-refractivity contribution in [2.75, 3.05) is 6.54 Å². The fourth-order valence-electron chi connectivity index (χ4n) is 3.67. The van der Waals surface area contributed by atoms with Gasteiger partial charge in [-0.05, 0) is 30.9 Å². The molecule has 2 atom stereocenters. The van der Waals surface area contributed by atoms with Gasteiger partial charge in [0.05, 0.1) is 17.8 Å². The number of nitrogens with one attached hydrogen (secondary N) is 2. The lowest BCUT2D eigenvalue weighted by Gasteiger charge is -2.15. The Bertz CT molecular complexity index is 874. The highest BCUT2D eigenvalue weighted by Gasteiger charge is 2.29. The average Bonchev–Trinajstić information content (AvgIpc) is 3.33. The van der Waals surface area contributed by atoms with E-state index in [-0.39, 0.29) is 18.0 Å². The van der Waals surface area contributed by atoms with E-state index in [1.54, 1.807) is 0 Å². The molecule has 1 aliphatic rings. The van der Waals surface area contributed by atoms with Crippen LogP contribution in [0.3, 0.4) is 0 Å². The molecule has 5 nitrogen and oxygen atoms in total. The summed E-state index contributed by atoms with van der Waals surface area (Å²) in [5.74, 6) is 0.105. The van der Waals surface area contributed by atoms with Gasteiger partial charge in [0.15, 0.2) is 0 Å². The molecule has 2 aromatic carbocycles. The van der Waals surface area contributed by atoms with Gasteiger partial charge in [-0.3, -0.25) is 14.8 Å². The van der Waals surface area contributed by atoms with Gasteiger partial charge in [-0.25, -0.2) is 0 Å².